The summed E-state index contributed by atoms with van der Waals surface area (Å²) in [6, 6.07) is 19.4. The van der Waals surface area contributed by atoms with Crippen molar-refractivity contribution >= 4 is 34.1 Å². The quantitative estimate of drug-likeness (QED) is 0.502. The molecule has 3 aromatic rings. The van der Waals surface area contributed by atoms with Crippen LogP contribution in [0.1, 0.15) is 13.8 Å². The van der Waals surface area contributed by atoms with E-state index in [1.165, 1.54) is 21.5 Å². The monoisotopic (exact) mass is 290 g/mol. The Morgan fingerprint density at radius 1 is 0.773 bits per heavy atom. The van der Waals surface area contributed by atoms with Crippen LogP contribution in [0.25, 0.3) is 21.5 Å². The molecule has 0 spiro atoms. The number of rotatable bonds is 1. The van der Waals surface area contributed by atoms with Crippen LogP contribution in [0.2, 0.25) is 0 Å². The molecule has 1 aliphatic heterocycles. The average molecular weight is 290 g/mol. The van der Waals surface area contributed by atoms with E-state index in [2.05, 4.69) is 68.4 Å². The Morgan fingerprint density at radius 3 is 2.05 bits per heavy atom. The molecular formula is C19H19BO2. The molecule has 3 aromatic carbocycles. The molecule has 0 atom stereocenters. The molecule has 0 amide bonds. The molecule has 2 nitrogen and oxygen atoms in total. The highest BCUT2D eigenvalue weighted by Gasteiger charge is 2.33. The first-order valence-corrected chi connectivity index (χ1v) is 7.76. The van der Waals surface area contributed by atoms with Crippen molar-refractivity contribution in [2.24, 2.45) is 5.41 Å². The zero-order valence-corrected chi connectivity index (χ0v) is 13.0. The second kappa shape index (κ2) is 5.11. The Bertz CT molecular complexity index is 831. The van der Waals surface area contributed by atoms with Crippen molar-refractivity contribution in [2.45, 2.75) is 13.8 Å². The Balaban J connectivity index is 1.72. The van der Waals surface area contributed by atoms with Crippen molar-refractivity contribution in [1.82, 2.24) is 0 Å². The molecular weight excluding hydrogens is 271 g/mol. The van der Waals surface area contributed by atoms with Crippen LogP contribution in [-0.2, 0) is 9.31 Å². The highest BCUT2D eigenvalue weighted by Crippen LogP contribution is 2.24. The van der Waals surface area contributed by atoms with Crippen molar-refractivity contribution < 1.29 is 9.31 Å². The molecule has 110 valence electrons. The molecule has 0 aliphatic carbocycles. The first-order chi connectivity index (χ1) is 10.6. The maximum Gasteiger partial charge on any atom is 0.493 e. The third-order valence-corrected chi connectivity index (χ3v) is 4.25. The first kappa shape index (κ1) is 13.8. The fourth-order valence-electron chi connectivity index (χ4n) is 2.99. The summed E-state index contributed by atoms with van der Waals surface area (Å²) in [5.41, 5.74) is 1.20. The Kier molecular flexibility index (Phi) is 3.21. The summed E-state index contributed by atoms with van der Waals surface area (Å²) in [6.45, 7) is 5.78. The molecule has 0 N–H and O–H groups in total. The van der Waals surface area contributed by atoms with Gasteiger partial charge in [-0.1, -0.05) is 56.3 Å². The standard InChI is InChI=1S/C19H19BO2/c1-19(2)12-21-20(22-13-19)18-8-7-16-9-14-5-3-4-6-15(14)10-17(16)11-18/h3-11H,12-13H2,1-2H3. The predicted molar refractivity (Wildman–Crippen MR) is 92.5 cm³/mol. The SMILES string of the molecule is CC1(C)COB(c2ccc3cc4ccccc4cc3c2)OC1. The van der Waals surface area contributed by atoms with Crippen LogP contribution in [0.5, 0.6) is 0 Å². The molecule has 0 saturated carbocycles. The van der Waals surface area contributed by atoms with Gasteiger partial charge in [-0.2, -0.15) is 0 Å². The summed E-state index contributed by atoms with van der Waals surface area (Å²) in [5, 5.41) is 5.01. The fourth-order valence-corrected chi connectivity index (χ4v) is 2.99. The Morgan fingerprint density at radius 2 is 1.36 bits per heavy atom. The topological polar surface area (TPSA) is 18.5 Å². The molecule has 0 bridgehead atoms. The first-order valence-electron chi connectivity index (χ1n) is 7.76. The van der Waals surface area contributed by atoms with Gasteiger partial charge in [0.05, 0.1) is 0 Å². The van der Waals surface area contributed by atoms with Gasteiger partial charge >= 0.3 is 7.12 Å². The normalized spacial score (nSPS) is 18.0. The summed E-state index contributed by atoms with van der Waals surface area (Å²) >= 11 is 0. The largest absolute Gasteiger partial charge is 0.493 e. The van der Waals surface area contributed by atoms with Gasteiger partial charge in [-0.25, -0.2) is 0 Å². The maximum atomic E-state index is 5.89. The minimum Gasteiger partial charge on any atom is -0.407 e. The summed E-state index contributed by atoms with van der Waals surface area (Å²) < 4.78 is 11.8. The van der Waals surface area contributed by atoms with E-state index in [0.29, 0.717) is 0 Å². The van der Waals surface area contributed by atoms with E-state index in [1.807, 2.05) is 0 Å². The second-order valence-corrected chi connectivity index (χ2v) is 6.92. The average Bonchev–Trinajstić information content (AvgIpc) is 2.52. The van der Waals surface area contributed by atoms with E-state index in [4.69, 9.17) is 9.31 Å². The lowest BCUT2D eigenvalue weighted by atomic mass is 9.75. The molecule has 4 rings (SSSR count). The van der Waals surface area contributed by atoms with Crippen molar-refractivity contribution in [3.05, 3.63) is 54.6 Å². The summed E-state index contributed by atoms with van der Waals surface area (Å²) in [7, 11) is -0.246. The maximum absolute atomic E-state index is 5.89. The van der Waals surface area contributed by atoms with Crippen LogP contribution in [0.15, 0.2) is 54.6 Å². The van der Waals surface area contributed by atoms with Gasteiger partial charge in [0.15, 0.2) is 0 Å². The predicted octanol–water partition coefficient (Wildman–Crippen LogP) is 3.76. The van der Waals surface area contributed by atoms with Crippen LogP contribution < -0.4 is 5.46 Å². The molecule has 1 heterocycles. The Labute approximate surface area is 131 Å². The smallest absolute Gasteiger partial charge is 0.407 e. The number of hydrogen-bond acceptors (Lipinski definition) is 2. The van der Waals surface area contributed by atoms with Crippen LogP contribution in [0.4, 0.5) is 0 Å². The van der Waals surface area contributed by atoms with Gasteiger partial charge < -0.3 is 9.31 Å². The van der Waals surface area contributed by atoms with E-state index in [1.54, 1.807) is 0 Å². The zero-order valence-electron chi connectivity index (χ0n) is 13.0. The number of hydrogen-bond donors (Lipinski definition) is 0. The van der Waals surface area contributed by atoms with Crippen LogP contribution in [0.3, 0.4) is 0 Å². The van der Waals surface area contributed by atoms with Crippen molar-refractivity contribution in [3.8, 4) is 0 Å². The van der Waals surface area contributed by atoms with Crippen molar-refractivity contribution in [1.29, 1.82) is 0 Å². The van der Waals surface area contributed by atoms with Crippen LogP contribution >= 0.6 is 0 Å². The minimum absolute atomic E-state index is 0.101. The number of fused-ring (bicyclic) bond motifs is 2. The van der Waals surface area contributed by atoms with Crippen LogP contribution in [-0.4, -0.2) is 20.3 Å². The van der Waals surface area contributed by atoms with Crippen molar-refractivity contribution in [3.63, 3.8) is 0 Å². The molecule has 1 aliphatic rings. The third kappa shape index (κ3) is 2.51. The third-order valence-electron chi connectivity index (χ3n) is 4.25. The van der Waals surface area contributed by atoms with Gasteiger partial charge in [-0.15, -0.1) is 0 Å². The van der Waals surface area contributed by atoms with Gasteiger partial charge in [0.1, 0.15) is 0 Å². The van der Waals surface area contributed by atoms with Crippen LogP contribution in [0, 0.1) is 5.41 Å². The second-order valence-electron chi connectivity index (χ2n) is 6.92. The van der Waals surface area contributed by atoms with Gasteiger partial charge in [0, 0.05) is 18.6 Å². The molecule has 22 heavy (non-hydrogen) atoms. The molecule has 3 heteroatoms. The lowest BCUT2D eigenvalue weighted by Crippen LogP contribution is -2.47. The fraction of sp³-hybridized carbons (Fsp3) is 0.263. The van der Waals surface area contributed by atoms with Gasteiger partial charge in [0.25, 0.3) is 0 Å². The highest BCUT2D eigenvalue weighted by molar-refractivity contribution is 6.61. The van der Waals surface area contributed by atoms with Gasteiger partial charge in [-0.3, -0.25) is 0 Å². The lowest BCUT2D eigenvalue weighted by Gasteiger charge is -2.33. The summed E-state index contributed by atoms with van der Waals surface area (Å²) in [6.07, 6.45) is 0. The summed E-state index contributed by atoms with van der Waals surface area (Å²) in [5.74, 6) is 0. The molecule has 1 fully saturated rings. The van der Waals surface area contributed by atoms with E-state index >= 15 is 0 Å². The van der Waals surface area contributed by atoms with E-state index < -0.39 is 0 Å². The van der Waals surface area contributed by atoms with Gasteiger partial charge in [0.2, 0.25) is 0 Å². The highest BCUT2D eigenvalue weighted by atomic mass is 16.6. The molecule has 0 radical (unpaired) electrons. The van der Waals surface area contributed by atoms with Gasteiger partial charge in [-0.05, 0) is 39.1 Å². The molecule has 0 unspecified atom stereocenters. The lowest BCUT2D eigenvalue weighted by molar-refractivity contribution is 0.0343. The minimum atomic E-state index is -0.246. The van der Waals surface area contributed by atoms with E-state index in [0.717, 1.165) is 18.7 Å². The van der Waals surface area contributed by atoms with Crippen molar-refractivity contribution in [2.75, 3.05) is 13.2 Å². The Hall–Kier alpha value is -1.84. The molecule has 1 saturated heterocycles. The molecule has 0 aromatic heterocycles. The summed E-state index contributed by atoms with van der Waals surface area (Å²) in [4.78, 5) is 0. The number of benzene rings is 3. The van der Waals surface area contributed by atoms with E-state index in [-0.39, 0.29) is 12.5 Å². The van der Waals surface area contributed by atoms with E-state index in [9.17, 15) is 0 Å². The zero-order chi connectivity index (χ0) is 15.2.